The van der Waals surface area contributed by atoms with E-state index in [2.05, 4.69) is 4.72 Å². The van der Waals surface area contributed by atoms with Crippen molar-refractivity contribution in [2.75, 3.05) is 6.61 Å². The van der Waals surface area contributed by atoms with Crippen molar-refractivity contribution in [3.63, 3.8) is 0 Å². The largest absolute Gasteiger partial charge is 0.396 e. The minimum Gasteiger partial charge on any atom is -0.396 e. The van der Waals surface area contributed by atoms with Crippen LogP contribution in [0.15, 0.2) is 11.0 Å². The van der Waals surface area contributed by atoms with Gasteiger partial charge in [-0.3, -0.25) is 0 Å². The Balaban J connectivity index is 2.93. The Morgan fingerprint density at radius 1 is 1.41 bits per heavy atom. The van der Waals surface area contributed by atoms with E-state index in [0.717, 1.165) is 9.75 Å². The molecule has 0 amide bonds. The average molecular weight is 277 g/mol. The Labute approximate surface area is 107 Å². The summed E-state index contributed by atoms with van der Waals surface area (Å²) < 4.78 is 26.8. The quantitative estimate of drug-likeness (QED) is 0.860. The third-order valence-electron chi connectivity index (χ3n) is 2.77. The molecule has 0 fully saturated rings. The maximum atomic E-state index is 12.1. The van der Waals surface area contributed by atoms with Crippen LogP contribution < -0.4 is 4.72 Å². The van der Waals surface area contributed by atoms with E-state index in [1.807, 2.05) is 6.92 Å². The van der Waals surface area contributed by atoms with Gasteiger partial charge in [-0.1, -0.05) is 6.92 Å². The predicted octanol–water partition coefficient (Wildman–Crippen LogP) is 1.66. The standard InChI is InChI=1S/C11H19NO3S2/c1-7(6-13)9(3)12-17(14,15)11-5-8(2)16-10(11)4/h5,7,9,12-13H,6H2,1-4H3. The fraction of sp³-hybridized carbons (Fsp3) is 0.636. The van der Waals surface area contributed by atoms with Gasteiger partial charge in [-0.2, -0.15) is 0 Å². The van der Waals surface area contributed by atoms with Crippen LogP contribution in [0, 0.1) is 19.8 Å². The summed E-state index contributed by atoms with van der Waals surface area (Å²) in [6.07, 6.45) is 0. The summed E-state index contributed by atoms with van der Waals surface area (Å²) in [5, 5.41) is 9.00. The van der Waals surface area contributed by atoms with Crippen molar-refractivity contribution < 1.29 is 13.5 Å². The zero-order chi connectivity index (χ0) is 13.2. The van der Waals surface area contributed by atoms with Crippen molar-refractivity contribution in [1.82, 2.24) is 4.72 Å². The summed E-state index contributed by atoms with van der Waals surface area (Å²) in [5.41, 5.74) is 0. The number of thiophene rings is 1. The number of aliphatic hydroxyl groups is 1. The topological polar surface area (TPSA) is 66.4 Å². The van der Waals surface area contributed by atoms with Crippen LogP contribution in [0.1, 0.15) is 23.6 Å². The van der Waals surface area contributed by atoms with Gasteiger partial charge in [0.05, 0.1) is 4.90 Å². The molecule has 1 aromatic rings. The molecule has 0 aliphatic carbocycles. The smallest absolute Gasteiger partial charge is 0.241 e. The van der Waals surface area contributed by atoms with E-state index >= 15 is 0 Å². The fourth-order valence-corrected chi connectivity index (χ4v) is 4.36. The van der Waals surface area contributed by atoms with Gasteiger partial charge < -0.3 is 5.11 Å². The Kier molecular flexibility index (Phi) is 4.71. The number of rotatable bonds is 5. The van der Waals surface area contributed by atoms with Gasteiger partial charge in [-0.15, -0.1) is 11.3 Å². The van der Waals surface area contributed by atoms with Crippen molar-refractivity contribution in [2.24, 2.45) is 5.92 Å². The lowest BCUT2D eigenvalue weighted by atomic mass is 10.1. The summed E-state index contributed by atoms with van der Waals surface area (Å²) >= 11 is 1.47. The van der Waals surface area contributed by atoms with Crippen molar-refractivity contribution in [3.05, 3.63) is 15.8 Å². The molecular formula is C11H19NO3S2. The molecule has 0 saturated heterocycles. The molecule has 0 aliphatic heterocycles. The molecule has 0 bridgehead atoms. The van der Waals surface area contributed by atoms with E-state index in [1.54, 1.807) is 26.8 Å². The first kappa shape index (κ1) is 14.6. The summed E-state index contributed by atoms with van der Waals surface area (Å²) in [5.74, 6) is -0.107. The summed E-state index contributed by atoms with van der Waals surface area (Å²) in [4.78, 5) is 2.11. The van der Waals surface area contributed by atoms with Gasteiger partial charge in [-0.25, -0.2) is 13.1 Å². The van der Waals surface area contributed by atoms with Crippen LogP contribution in [0.5, 0.6) is 0 Å². The number of aliphatic hydroxyl groups excluding tert-OH is 1. The molecular weight excluding hydrogens is 258 g/mol. The van der Waals surface area contributed by atoms with E-state index in [-0.39, 0.29) is 18.6 Å². The summed E-state index contributed by atoms with van der Waals surface area (Å²) in [6, 6.07) is 1.39. The van der Waals surface area contributed by atoms with Crippen molar-refractivity contribution in [3.8, 4) is 0 Å². The molecule has 17 heavy (non-hydrogen) atoms. The molecule has 1 aromatic heterocycles. The normalized spacial score (nSPS) is 15.8. The molecule has 1 heterocycles. The van der Waals surface area contributed by atoms with Crippen LogP contribution in [-0.4, -0.2) is 26.2 Å². The maximum absolute atomic E-state index is 12.1. The predicted molar refractivity (Wildman–Crippen MR) is 69.8 cm³/mol. The first-order chi connectivity index (χ1) is 7.77. The number of sulfonamides is 1. The molecule has 0 aromatic carbocycles. The van der Waals surface area contributed by atoms with E-state index < -0.39 is 10.0 Å². The van der Waals surface area contributed by atoms with Crippen molar-refractivity contribution in [1.29, 1.82) is 0 Å². The van der Waals surface area contributed by atoms with Gasteiger partial charge in [0.1, 0.15) is 0 Å². The van der Waals surface area contributed by atoms with Gasteiger partial charge >= 0.3 is 0 Å². The van der Waals surface area contributed by atoms with Crippen molar-refractivity contribution >= 4 is 21.4 Å². The summed E-state index contributed by atoms with van der Waals surface area (Å²) in [6.45, 7) is 7.21. The Morgan fingerprint density at radius 2 is 2.00 bits per heavy atom. The highest BCUT2D eigenvalue weighted by Gasteiger charge is 2.23. The molecule has 1 rings (SSSR count). The molecule has 6 heteroatoms. The molecule has 0 saturated carbocycles. The zero-order valence-electron chi connectivity index (χ0n) is 10.5. The average Bonchev–Trinajstić information content (AvgIpc) is 2.56. The SMILES string of the molecule is Cc1cc(S(=O)(=O)NC(C)C(C)CO)c(C)s1. The molecule has 0 aliphatic rings. The second-order valence-electron chi connectivity index (χ2n) is 4.35. The number of hydrogen-bond acceptors (Lipinski definition) is 4. The van der Waals surface area contributed by atoms with E-state index in [4.69, 9.17) is 5.11 Å². The third-order valence-corrected chi connectivity index (χ3v) is 5.55. The van der Waals surface area contributed by atoms with E-state index in [1.165, 1.54) is 11.3 Å². The van der Waals surface area contributed by atoms with Gasteiger partial charge in [0.15, 0.2) is 0 Å². The third kappa shape index (κ3) is 3.51. The molecule has 98 valence electrons. The highest BCUT2D eigenvalue weighted by Crippen LogP contribution is 2.25. The second kappa shape index (κ2) is 5.48. The van der Waals surface area contributed by atoms with Crippen LogP contribution in [0.3, 0.4) is 0 Å². The zero-order valence-corrected chi connectivity index (χ0v) is 12.2. The molecule has 4 nitrogen and oxygen atoms in total. The molecule has 2 unspecified atom stereocenters. The molecule has 0 spiro atoms. The lowest BCUT2D eigenvalue weighted by molar-refractivity contribution is 0.216. The first-order valence-corrected chi connectivity index (χ1v) is 7.78. The van der Waals surface area contributed by atoms with Crippen LogP contribution in [0.4, 0.5) is 0 Å². The lowest BCUT2D eigenvalue weighted by Gasteiger charge is -2.19. The Morgan fingerprint density at radius 3 is 2.41 bits per heavy atom. The first-order valence-electron chi connectivity index (χ1n) is 5.48. The van der Waals surface area contributed by atoms with E-state index in [9.17, 15) is 8.42 Å². The second-order valence-corrected chi connectivity index (χ2v) is 7.49. The van der Waals surface area contributed by atoms with Crippen LogP contribution in [-0.2, 0) is 10.0 Å². The van der Waals surface area contributed by atoms with Crippen molar-refractivity contribution in [2.45, 2.75) is 38.6 Å². The van der Waals surface area contributed by atoms with Gasteiger partial charge in [-0.05, 0) is 32.8 Å². The van der Waals surface area contributed by atoms with Crippen LogP contribution in [0.2, 0.25) is 0 Å². The van der Waals surface area contributed by atoms with Gasteiger partial charge in [0, 0.05) is 22.4 Å². The minimum atomic E-state index is -3.48. The van der Waals surface area contributed by atoms with Crippen LogP contribution in [0.25, 0.3) is 0 Å². The Bertz CT molecular complexity index is 479. The highest BCUT2D eigenvalue weighted by molar-refractivity contribution is 7.89. The Hall–Kier alpha value is -0.430. The molecule has 2 atom stereocenters. The monoisotopic (exact) mass is 277 g/mol. The number of nitrogens with one attached hydrogen (secondary N) is 1. The molecule has 2 N–H and O–H groups in total. The van der Waals surface area contributed by atoms with Gasteiger partial charge in [0.2, 0.25) is 10.0 Å². The maximum Gasteiger partial charge on any atom is 0.241 e. The highest BCUT2D eigenvalue weighted by atomic mass is 32.2. The summed E-state index contributed by atoms with van der Waals surface area (Å²) in [7, 11) is -3.48. The van der Waals surface area contributed by atoms with E-state index in [0.29, 0.717) is 4.90 Å². The number of hydrogen-bond donors (Lipinski definition) is 2. The van der Waals surface area contributed by atoms with Gasteiger partial charge in [0.25, 0.3) is 0 Å². The minimum absolute atomic E-state index is 0.0364. The lowest BCUT2D eigenvalue weighted by Crippen LogP contribution is -2.38. The fourth-order valence-electron chi connectivity index (χ4n) is 1.46. The number of aryl methyl sites for hydroxylation is 2. The van der Waals surface area contributed by atoms with Crippen LogP contribution >= 0.6 is 11.3 Å². The molecule has 0 radical (unpaired) electrons.